The molecule has 7 nitrogen and oxygen atoms in total. The highest BCUT2D eigenvalue weighted by Crippen LogP contribution is 2.27. The normalized spacial score (nSPS) is 19.9. The molecule has 7 heteroatoms. The summed E-state index contributed by atoms with van der Waals surface area (Å²) in [5, 5.41) is 0. The van der Waals surface area contributed by atoms with Crippen molar-refractivity contribution in [3.8, 4) is 0 Å². The van der Waals surface area contributed by atoms with Crippen molar-refractivity contribution < 1.29 is 14.3 Å². The van der Waals surface area contributed by atoms with Gasteiger partial charge in [0.1, 0.15) is 5.82 Å². The Hall–Kier alpha value is -2.02. The fraction of sp³-hybridized carbons (Fsp3) is 0.714. The van der Waals surface area contributed by atoms with E-state index in [-0.39, 0.29) is 17.7 Å². The van der Waals surface area contributed by atoms with Crippen LogP contribution in [0.15, 0.2) is 0 Å². The molecule has 1 atom stereocenters. The van der Waals surface area contributed by atoms with Crippen LogP contribution in [0.25, 0.3) is 0 Å². The molecule has 0 radical (unpaired) electrons. The van der Waals surface area contributed by atoms with Gasteiger partial charge in [-0.1, -0.05) is 0 Å². The Morgan fingerprint density at radius 3 is 2.32 bits per heavy atom. The lowest BCUT2D eigenvalue weighted by Gasteiger charge is -2.27. The summed E-state index contributed by atoms with van der Waals surface area (Å²) in [6.45, 7) is 7.52. The largest absolute Gasteiger partial charge is 0.384 e. The second kappa shape index (κ2) is 9.45. The highest BCUT2D eigenvalue weighted by Gasteiger charge is 2.30. The van der Waals surface area contributed by atoms with E-state index in [0.29, 0.717) is 26.0 Å². The number of hydrogen-bond acceptors (Lipinski definition) is 5. The molecular formula is C21H32N4O3. The zero-order valence-corrected chi connectivity index (χ0v) is 17.4. The molecule has 2 aliphatic heterocycles. The maximum Gasteiger partial charge on any atom is 0.227 e. The summed E-state index contributed by atoms with van der Waals surface area (Å²) >= 11 is 0. The molecule has 0 bridgehead atoms. The van der Waals surface area contributed by atoms with Crippen molar-refractivity contribution in [1.29, 1.82) is 0 Å². The number of piperidine rings is 1. The van der Waals surface area contributed by atoms with E-state index in [4.69, 9.17) is 14.7 Å². The lowest BCUT2D eigenvalue weighted by molar-refractivity contribution is -0.132. The van der Waals surface area contributed by atoms with Gasteiger partial charge >= 0.3 is 0 Å². The summed E-state index contributed by atoms with van der Waals surface area (Å²) < 4.78 is 5.00. The van der Waals surface area contributed by atoms with Gasteiger partial charge in [0.15, 0.2) is 0 Å². The lowest BCUT2D eigenvalue weighted by Crippen LogP contribution is -2.37. The molecular weight excluding hydrogens is 356 g/mol. The van der Waals surface area contributed by atoms with E-state index >= 15 is 0 Å². The van der Waals surface area contributed by atoms with Crippen molar-refractivity contribution in [2.75, 3.05) is 39.9 Å². The SMILES string of the molecule is COCCC(=O)N1CC[C@@H](c2nc(C)c(CC(=O)N3CCCCC3)c(C)n2)C1. The van der Waals surface area contributed by atoms with Crippen molar-refractivity contribution in [2.24, 2.45) is 0 Å². The van der Waals surface area contributed by atoms with E-state index in [1.54, 1.807) is 7.11 Å². The van der Waals surface area contributed by atoms with Gasteiger partial charge in [0.2, 0.25) is 11.8 Å². The maximum absolute atomic E-state index is 12.6. The average Bonchev–Trinajstić information content (AvgIpc) is 3.19. The van der Waals surface area contributed by atoms with Crippen molar-refractivity contribution in [1.82, 2.24) is 19.8 Å². The quantitative estimate of drug-likeness (QED) is 0.745. The van der Waals surface area contributed by atoms with Crippen molar-refractivity contribution in [3.05, 3.63) is 22.8 Å². The summed E-state index contributed by atoms with van der Waals surface area (Å²) in [4.78, 5) is 38.1. The van der Waals surface area contributed by atoms with E-state index in [0.717, 1.165) is 61.7 Å². The minimum Gasteiger partial charge on any atom is -0.384 e. The second-order valence-corrected chi connectivity index (χ2v) is 7.92. The first-order valence-corrected chi connectivity index (χ1v) is 10.4. The monoisotopic (exact) mass is 388 g/mol. The van der Waals surface area contributed by atoms with Crippen LogP contribution in [0.2, 0.25) is 0 Å². The van der Waals surface area contributed by atoms with Crippen LogP contribution in [0.4, 0.5) is 0 Å². The third kappa shape index (κ3) is 4.87. The molecule has 154 valence electrons. The molecule has 0 aromatic carbocycles. The molecule has 0 saturated carbocycles. The minimum atomic E-state index is 0.126. The molecule has 2 fully saturated rings. The number of rotatable bonds is 6. The Balaban J connectivity index is 1.65. The molecule has 3 heterocycles. The summed E-state index contributed by atoms with van der Waals surface area (Å²) in [5.74, 6) is 1.27. The first kappa shape index (κ1) is 20.7. The third-order valence-electron chi connectivity index (χ3n) is 5.90. The lowest BCUT2D eigenvalue weighted by atomic mass is 10.0. The fourth-order valence-corrected chi connectivity index (χ4v) is 4.16. The van der Waals surface area contributed by atoms with Gasteiger partial charge in [-0.25, -0.2) is 9.97 Å². The molecule has 3 rings (SSSR count). The van der Waals surface area contributed by atoms with Crippen LogP contribution in [-0.2, 0) is 20.7 Å². The summed E-state index contributed by atoms with van der Waals surface area (Å²) in [6, 6.07) is 0. The topological polar surface area (TPSA) is 75.6 Å². The van der Waals surface area contributed by atoms with E-state index in [1.165, 1.54) is 6.42 Å². The van der Waals surface area contributed by atoms with Crippen molar-refractivity contribution >= 4 is 11.8 Å². The Bertz CT molecular complexity index is 693. The number of likely N-dealkylation sites (tertiary alicyclic amines) is 2. The van der Waals surface area contributed by atoms with Crippen LogP contribution in [0.3, 0.4) is 0 Å². The molecule has 1 aromatic rings. The number of ether oxygens (including phenoxy) is 1. The standard InChI is InChI=1S/C21H32N4O3/c1-15-18(13-20(27)24-9-5-4-6-10-24)16(2)23-21(22-15)17-7-11-25(14-17)19(26)8-12-28-3/h17H,4-14H2,1-3H3/t17-/m1/s1. The first-order valence-electron chi connectivity index (χ1n) is 10.4. The number of aryl methyl sites for hydroxylation is 2. The maximum atomic E-state index is 12.6. The van der Waals surface area contributed by atoms with Crippen molar-refractivity contribution in [3.63, 3.8) is 0 Å². The second-order valence-electron chi connectivity index (χ2n) is 7.92. The minimum absolute atomic E-state index is 0.126. The van der Waals surface area contributed by atoms with Gasteiger partial charge in [-0.2, -0.15) is 0 Å². The predicted octanol–water partition coefficient (Wildman–Crippen LogP) is 2.00. The molecule has 1 aromatic heterocycles. The fourth-order valence-electron chi connectivity index (χ4n) is 4.16. The molecule has 0 N–H and O–H groups in total. The third-order valence-corrected chi connectivity index (χ3v) is 5.90. The molecule has 0 unspecified atom stereocenters. The number of carbonyl (C=O) groups excluding carboxylic acids is 2. The summed E-state index contributed by atoms with van der Waals surface area (Å²) in [5.41, 5.74) is 2.72. The van der Waals surface area contributed by atoms with E-state index in [9.17, 15) is 9.59 Å². The summed E-state index contributed by atoms with van der Waals surface area (Å²) in [6.07, 6.45) is 5.08. The molecule has 2 aliphatic rings. The van der Waals surface area contributed by atoms with Crippen molar-refractivity contribution in [2.45, 2.75) is 58.3 Å². The summed E-state index contributed by atoms with van der Waals surface area (Å²) in [7, 11) is 1.61. The highest BCUT2D eigenvalue weighted by atomic mass is 16.5. The number of hydrogen-bond donors (Lipinski definition) is 0. The van der Waals surface area contributed by atoms with Crippen LogP contribution in [0, 0.1) is 13.8 Å². The predicted molar refractivity (Wildman–Crippen MR) is 106 cm³/mol. The molecule has 2 saturated heterocycles. The number of methoxy groups -OCH3 is 1. The van der Waals surface area contributed by atoms with Gasteiger partial charge in [0, 0.05) is 56.2 Å². The number of nitrogens with zero attached hydrogens (tertiary/aromatic N) is 4. The average molecular weight is 389 g/mol. The van der Waals surface area contributed by atoms with E-state index in [2.05, 4.69) is 0 Å². The Kier molecular flexibility index (Phi) is 6.99. The van der Waals surface area contributed by atoms with E-state index in [1.807, 2.05) is 23.6 Å². The molecule has 0 aliphatic carbocycles. The number of amides is 2. The van der Waals surface area contributed by atoms with Gasteiger partial charge in [-0.05, 0) is 39.5 Å². The van der Waals surface area contributed by atoms with Gasteiger partial charge in [-0.3, -0.25) is 9.59 Å². The van der Waals surface area contributed by atoms with Crippen LogP contribution in [0.1, 0.15) is 60.8 Å². The Morgan fingerprint density at radius 1 is 1.00 bits per heavy atom. The highest BCUT2D eigenvalue weighted by molar-refractivity contribution is 5.79. The zero-order valence-electron chi connectivity index (χ0n) is 17.4. The van der Waals surface area contributed by atoms with E-state index < -0.39 is 0 Å². The van der Waals surface area contributed by atoms with Gasteiger partial charge in [0.05, 0.1) is 19.4 Å². The molecule has 28 heavy (non-hydrogen) atoms. The Morgan fingerprint density at radius 2 is 1.68 bits per heavy atom. The van der Waals surface area contributed by atoms with Gasteiger partial charge < -0.3 is 14.5 Å². The Labute approximate surface area is 167 Å². The van der Waals surface area contributed by atoms with Crippen LogP contribution in [0.5, 0.6) is 0 Å². The van der Waals surface area contributed by atoms with Crippen LogP contribution < -0.4 is 0 Å². The molecule has 2 amide bonds. The van der Waals surface area contributed by atoms with Gasteiger partial charge in [-0.15, -0.1) is 0 Å². The van der Waals surface area contributed by atoms with Crippen LogP contribution >= 0.6 is 0 Å². The molecule has 0 spiro atoms. The smallest absolute Gasteiger partial charge is 0.227 e. The first-order chi connectivity index (χ1) is 13.5. The number of aromatic nitrogens is 2. The van der Waals surface area contributed by atoms with Gasteiger partial charge in [0.25, 0.3) is 0 Å². The van der Waals surface area contributed by atoms with Crippen LogP contribution in [-0.4, -0.2) is 71.5 Å². The number of carbonyl (C=O) groups is 2. The zero-order chi connectivity index (χ0) is 20.1.